The van der Waals surface area contributed by atoms with Crippen molar-refractivity contribution in [2.45, 2.75) is 43.6 Å². The largest absolute Gasteiger partial charge is 0.496 e. The molecule has 19 heavy (non-hydrogen) atoms. The number of carboxylic acids is 1. The molecular weight excluding hydrogens is 244 g/mol. The van der Waals surface area contributed by atoms with Crippen molar-refractivity contribution in [3.05, 3.63) is 29.8 Å². The molecule has 0 radical (unpaired) electrons. The Morgan fingerprint density at radius 2 is 1.89 bits per heavy atom. The molecule has 0 aliphatic heterocycles. The molecule has 2 N–H and O–H groups in total. The van der Waals surface area contributed by atoms with Crippen LogP contribution in [0.4, 0.5) is 0 Å². The van der Waals surface area contributed by atoms with Gasteiger partial charge in [-0.3, -0.25) is 4.79 Å². The van der Waals surface area contributed by atoms with E-state index in [-0.39, 0.29) is 0 Å². The van der Waals surface area contributed by atoms with E-state index >= 15 is 0 Å². The maximum Gasteiger partial charge on any atom is 0.314 e. The second-order valence-electron chi connectivity index (χ2n) is 5.18. The van der Waals surface area contributed by atoms with Crippen LogP contribution < -0.4 is 4.74 Å². The smallest absolute Gasteiger partial charge is 0.314 e. The molecule has 1 aromatic rings. The lowest BCUT2D eigenvalue weighted by molar-refractivity contribution is -0.147. The molecule has 1 saturated carbocycles. The fourth-order valence-corrected chi connectivity index (χ4v) is 3.01. The first kappa shape index (κ1) is 13.9. The van der Waals surface area contributed by atoms with E-state index in [1.54, 1.807) is 24.3 Å². The number of hydrogen-bond acceptors (Lipinski definition) is 3. The van der Waals surface area contributed by atoms with Gasteiger partial charge >= 0.3 is 5.97 Å². The van der Waals surface area contributed by atoms with Gasteiger partial charge in [0.15, 0.2) is 0 Å². The van der Waals surface area contributed by atoms with Crippen LogP contribution in [-0.2, 0) is 4.79 Å². The first-order chi connectivity index (χ1) is 9.08. The quantitative estimate of drug-likeness (QED) is 0.877. The lowest BCUT2D eigenvalue weighted by Gasteiger charge is -2.37. The molecule has 0 unspecified atom stereocenters. The molecule has 0 heterocycles. The number of benzene rings is 1. The summed E-state index contributed by atoms with van der Waals surface area (Å²) in [5.41, 5.74) is -0.611. The van der Waals surface area contributed by atoms with E-state index in [9.17, 15) is 15.0 Å². The molecule has 4 nitrogen and oxygen atoms in total. The molecule has 0 bridgehead atoms. The Labute approximate surface area is 113 Å². The summed E-state index contributed by atoms with van der Waals surface area (Å²) in [5, 5.41) is 20.3. The van der Waals surface area contributed by atoms with E-state index in [1.807, 2.05) is 0 Å². The highest BCUT2D eigenvalue weighted by Gasteiger charge is 2.44. The topological polar surface area (TPSA) is 66.8 Å². The van der Waals surface area contributed by atoms with Crippen LogP contribution in [0.3, 0.4) is 0 Å². The maximum absolute atomic E-state index is 11.7. The second kappa shape index (κ2) is 5.61. The van der Waals surface area contributed by atoms with E-state index in [0.717, 1.165) is 19.3 Å². The minimum atomic E-state index is -1.17. The average molecular weight is 264 g/mol. The van der Waals surface area contributed by atoms with Gasteiger partial charge in [0.2, 0.25) is 0 Å². The van der Waals surface area contributed by atoms with Crippen LogP contribution in [0.5, 0.6) is 5.75 Å². The third-order valence-corrected chi connectivity index (χ3v) is 3.95. The molecule has 104 valence electrons. The van der Waals surface area contributed by atoms with Gasteiger partial charge in [0.1, 0.15) is 11.7 Å². The zero-order chi connectivity index (χ0) is 13.9. The molecule has 1 aliphatic carbocycles. The van der Waals surface area contributed by atoms with Crippen LogP contribution in [0.1, 0.15) is 43.6 Å². The van der Waals surface area contributed by atoms with E-state index in [1.165, 1.54) is 7.11 Å². The van der Waals surface area contributed by atoms with E-state index < -0.39 is 17.5 Å². The molecule has 1 aliphatic rings. The zero-order valence-corrected chi connectivity index (χ0v) is 11.1. The Balaban J connectivity index is 2.42. The monoisotopic (exact) mass is 264 g/mol. The molecule has 1 aromatic carbocycles. The highest BCUT2D eigenvalue weighted by atomic mass is 16.5. The van der Waals surface area contributed by atoms with Crippen LogP contribution in [0.15, 0.2) is 24.3 Å². The lowest BCUT2D eigenvalue weighted by atomic mass is 9.72. The third-order valence-electron chi connectivity index (χ3n) is 3.95. The summed E-state index contributed by atoms with van der Waals surface area (Å²) in [7, 11) is 1.52. The summed E-state index contributed by atoms with van der Waals surface area (Å²) >= 11 is 0. The van der Waals surface area contributed by atoms with Gasteiger partial charge in [0, 0.05) is 5.56 Å². The second-order valence-corrected chi connectivity index (χ2v) is 5.18. The maximum atomic E-state index is 11.7. The van der Waals surface area contributed by atoms with Gasteiger partial charge < -0.3 is 14.9 Å². The van der Waals surface area contributed by atoms with Crippen LogP contribution >= 0.6 is 0 Å². The van der Waals surface area contributed by atoms with Crippen molar-refractivity contribution in [1.29, 1.82) is 0 Å². The molecule has 0 spiro atoms. The highest BCUT2D eigenvalue weighted by Crippen LogP contribution is 2.42. The summed E-state index contributed by atoms with van der Waals surface area (Å²) in [6.45, 7) is 0. The van der Waals surface area contributed by atoms with Crippen molar-refractivity contribution in [2.24, 2.45) is 0 Å². The standard InChI is InChI=1S/C15H20O4/c1-19-12-8-4-3-7-11(12)13(14(16)17)15(18)9-5-2-6-10-15/h3-4,7-8,13,18H,2,5-6,9-10H2,1H3,(H,16,17)/t13-/m0/s1. The van der Waals surface area contributed by atoms with Gasteiger partial charge in [-0.15, -0.1) is 0 Å². The predicted molar refractivity (Wildman–Crippen MR) is 71.4 cm³/mol. The summed E-state index contributed by atoms with van der Waals surface area (Å²) in [5.74, 6) is -1.40. The van der Waals surface area contributed by atoms with Crippen molar-refractivity contribution in [2.75, 3.05) is 7.11 Å². The Morgan fingerprint density at radius 1 is 1.26 bits per heavy atom. The molecular formula is C15H20O4. The Bertz CT molecular complexity index is 449. The van der Waals surface area contributed by atoms with Gasteiger partial charge in [-0.05, 0) is 18.9 Å². The Hall–Kier alpha value is -1.55. The summed E-state index contributed by atoms with van der Waals surface area (Å²) < 4.78 is 5.24. The van der Waals surface area contributed by atoms with Crippen molar-refractivity contribution in [3.8, 4) is 5.75 Å². The molecule has 1 atom stereocenters. The number of aliphatic carboxylic acids is 1. The van der Waals surface area contributed by atoms with Crippen LogP contribution in [0.25, 0.3) is 0 Å². The number of carbonyl (C=O) groups is 1. The minimum Gasteiger partial charge on any atom is -0.496 e. The SMILES string of the molecule is COc1ccccc1[C@@H](C(=O)O)C1(O)CCCCC1. The molecule has 0 amide bonds. The fourth-order valence-electron chi connectivity index (χ4n) is 3.01. The molecule has 0 aromatic heterocycles. The van der Waals surface area contributed by atoms with E-state index in [2.05, 4.69) is 0 Å². The van der Waals surface area contributed by atoms with E-state index in [0.29, 0.717) is 24.2 Å². The first-order valence-electron chi connectivity index (χ1n) is 6.66. The van der Waals surface area contributed by atoms with Crippen molar-refractivity contribution >= 4 is 5.97 Å². The number of ether oxygens (including phenoxy) is 1. The molecule has 2 rings (SSSR count). The van der Waals surface area contributed by atoms with Gasteiger partial charge in [-0.25, -0.2) is 0 Å². The van der Waals surface area contributed by atoms with Crippen molar-refractivity contribution < 1.29 is 19.7 Å². The summed E-state index contributed by atoms with van der Waals surface area (Å²) in [6, 6.07) is 7.04. The zero-order valence-electron chi connectivity index (χ0n) is 11.1. The number of aliphatic hydroxyl groups is 1. The first-order valence-corrected chi connectivity index (χ1v) is 6.66. The summed E-state index contributed by atoms with van der Waals surface area (Å²) in [6.07, 6.45) is 3.86. The lowest BCUT2D eigenvalue weighted by Crippen LogP contribution is -2.42. The fraction of sp³-hybridized carbons (Fsp3) is 0.533. The van der Waals surface area contributed by atoms with Crippen LogP contribution in [0.2, 0.25) is 0 Å². The van der Waals surface area contributed by atoms with Gasteiger partial charge in [0.25, 0.3) is 0 Å². The van der Waals surface area contributed by atoms with Gasteiger partial charge in [0.05, 0.1) is 12.7 Å². The van der Waals surface area contributed by atoms with Gasteiger partial charge in [-0.1, -0.05) is 37.5 Å². The summed E-state index contributed by atoms with van der Waals surface area (Å²) in [4.78, 5) is 11.7. The van der Waals surface area contributed by atoms with Crippen LogP contribution in [-0.4, -0.2) is 28.9 Å². The van der Waals surface area contributed by atoms with E-state index in [4.69, 9.17) is 4.74 Å². The van der Waals surface area contributed by atoms with Gasteiger partial charge in [-0.2, -0.15) is 0 Å². The average Bonchev–Trinajstić information content (AvgIpc) is 2.39. The number of rotatable bonds is 4. The van der Waals surface area contributed by atoms with Crippen molar-refractivity contribution in [1.82, 2.24) is 0 Å². The number of hydrogen-bond donors (Lipinski definition) is 2. The third kappa shape index (κ3) is 2.73. The molecule has 1 fully saturated rings. The highest BCUT2D eigenvalue weighted by molar-refractivity contribution is 5.79. The number of methoxy groups -OCH3 is 1. The number of carboxylic acid groups (broad SMARTS) is 1. The van der Waals surface area contributed by atoms with Crippen LogP contribution in [0, 0.1) is 0 Å². The molecule has 0 saturated heterocycles. The Kier molecular flexibility index (Phi) is 4.10. The molecule has 4 heteroatoms. The Morgan fingerprint density at radius 3 is 2.47 bits per heavy atom. The van der Waals surface area contributed by atoms with Crippen molar-refractivity contribution in [3.63, 3.8) is 0 Å². The number of para-hydroxylation sites is 1. The predicted octanol–water partition coefficient (Wildman–Crippen LogP) is 2.56. The minimum absolute atomic E-state index is 0.522. The normalized spacial score (nSPS) is 19.7.